The molecule has 37 heavy (non-hydrogen) atoms. The predicted molar refractivity (Wildman–Crippen MR) is 132 cm³/mol. The van der Waals surface area contributed by atoms with Gasteiger partial charge in [-0.05, 0) is 25.1 Å². The lowest BCUT2D eigenvalue weighted by Gasteiger charge is -2.32. The summed E-state index contributed by atoms with van der Waals surface area (Å²) in [6.45, 7) is -1.90. The van der Waals surface area contributed by atoms with Crippen molar-refractivity contribution >= 4 is 46.9 Å². The number of cyclic esters (lactones) is 1. The Labute approximate surface area is 218 Å². The first-order valence-corrected chi connectivity index (χ1v) is 12.0. The van der Waals surface area contributed by atoms with Gasteiger partial charge < -0.3 is 21.1 Å². The minimum absolute atomic E-state index is 0.0248. The second-order valence-corrected chi connectivity index (χ2v) is 9.42. The number of allylic oxidation sites excluding steroid dienone is 1. The number of amidine groups is 1. The Bertz CT molecular complexity index is 1350. The summed E-state index contributed by atoms with van der Waals surface area (Å²) in [4.78, 5) is 36.6. The van der Waals surface area contributed by atoms with Gasteiger partial charge in [-0.25, -0.2) is 19.2 Å². The highest BCUT2D eigenvalue weighted by Crippen LogP contribution is 2.40. The third kappa shape index (κ3) is 5.67. The smallest absolute Gasteiger partial charge is 0.408 e. The molecular weight excluding hydrogens is 533 g/mol. The molecule has 14 heteroatoms. The number of alkyl carbamates (subject to hydrolysis) is 1. The van der Waals surface area contributed by atoms with E-state index in [4.69, 9.17) is 27.1 Å². The fraction of sp³-hybridized carbons (Fsp3) is 0.261. The molecule has 1 fully saturated rings. The number of ketones is 1. The Hall–Kier alpha value is -3.71. The van der Waals surface area contributed by atoms with Gasteiger partial charge in [0.2, 0.25) is 0 Å². The van der Waals surface area contributed by atoms with Crippen molar-refractivity contribution < 1.29 is 27.5 Å². The number of amides is 1. The van der Waals surface area contributed by atoms with Crippen LogP contribution in [0, 0.1) is 5.82 Å². The molecule has 4 rings (SSSR count). The van der Waals surface area contributed by atoms with E-state index in [9.17, 15) is 22.8 Å². The van der Waals surface area contributed by atoms with Crippen LogP contribution in [-0.2, 0) is 9.53 Å². The van der Waals surface area contributed by atoms with Crippen molar-refractivity contribution in [3.8, 4) is 0 Å². The summed E-state index contributed by atoms with van der Waals surface area (Å²) in [6.07, 6.45) is 2.67. The Morgan fingerprint density at radius 1 is 1.46 bits per heavy atom. The lowest BCUT2D eigenvalue weighted by molar-refractivity contribution is -0.122. The molecule has 2 aromatic rings. The highest BCUT2D eigenvalue weighted by atomic mass is 35.5. The number of thiazole rings is 1. The fourth-order valence-electron chi connectivity index (χ4n) is 3.92. The second kappa shape index (κ2) is 10.7. The molecule has 4 N–H and O–H groups in total. The Balaban J connectivity index is 1.92. The molecule has 9 nitrogen and oxygen atoms in total. The molecule has 1 aromatic heterocycles. The van der Waals surface area contributed by atoms with Gasteiger partial charge in [0.05, 0.1) is 0 Å². The van der Waals surface area contributed by atoms with Crippen molar-refractivity contribution in [1.29, 1.82) is 0 Å². The number of Topliss-reactive ketones (excluding diaryl/α,β-unsaturated/α-hetero) is 1. The Kier molecular flexibility index (Phi) is 7.64. The fourth-order valence-corrected chi connectivity index (χ4v) is 4.77. The quantitative estimate of drug-likeness (QED) is 0.336. The number of nitrogens with one attached hydrogen (secondary N) is 2. The third-order valence-corrected chi connectivity index (χ3v) is 6.83. The molecule has 3 heterocycles. The summed E-state index contributed by atoms with van der Waals surface area (Å²) >= 11 is 7.66. The minimum atomic E-state index is -2.95. The van der Waals surface area contributed by atoms with E-state index in [2.05, 4.69) is 20.6 Å². The summed E-state index contributed by atoms with van der Waals surface area (Å²) in [5.41, 5.74) is 5.82. The summed E-state index contributed by atoms with van der Waals surface area (Å²) in [5, 5.41) is 7.94. The van der Waals surface area contributed by atoms with Crippen molar-refractivity contribution in [2.45, 2.75) is 31.5 Å². The van der Waals surface area contributed by atoms with E-state index in [1.165, 1.54) is 30.4 Å². The van der Waals surface area contributed by atoms with Gasteiger partial charge in [-0.15, -0.1) is 11.3 Å². The van der Waals surface area contributed by atoms with Crippen LogP contribution in [0.2, 0.25) is 5.02 Å². The molecule has 2 aliphatic rings. The first-order chi connectivity index (χ1) is 17.6. The zero-order chi connectivity index (χ0) is 26.7. The minimum Gasteiger partial charge on any atom is -0.447 e. The van der Waals surface area contributed by atoms with E-state index in [1.54, 1.807) is 11.6 Å². The molecule has 0 saturated carbocycles. The molecular formula is C23H20ClF3N6O3S. The van der Waals surface area contributed by atoms with Gasteiger partial charge in [0.15, 0.2) is 16.6 Å². The Morgan fingerprint density at radius 2 is 2.24 bits per heavy atom. The molecule has 2 aliphatic heterocycles. The molecule has 0 unspecified atom stereocenters. The first-order valence-electron chi connectivity index (χ1n) is 10.8. The highest BCUT2D eigenvalue weighted by molar-refractivity contribution is 7.11. The van der Waals surface area contributed by atoms with Crippen LogP contribution in [-0.4, -0.2) is 47.6 Å². The number of nitrogens with zero attached hydrogens (tertiary/aromatic N) is 3. The van der Waals surface area contributed by atoms with Crippen molar-refractivity contribution in [3.05, 3.63) is 74.2 Å². The number of ether oxygens (including phenoxy) is 1. The summed E-state index contributed by atoms with van der Waals surface area (Å²) < 4.78 is 44.1. The number of aromatic nitrogens is 1. The van der Waals surface area contributed by atoms with Gasteiger partial charge in [0.25, 0.3) is 0 Å². The predicted octanol–water partition coefficient (Wildman–Crippen LogP) is 3.87. The molecule has 1 amide bonds. The maximum absolute atomic E-state index is 13.9. The van der Waals surface area contributed by atoms with Crippen molar-refractivity contribution in [3.63, 3.8) is 0 Å². The average Bonchev–Trinajstić information content (AvgIpc) is 3.49. The van der Waals surface area contributed by atoms with Crippen LogP contribution in [0.25, 0.3) is 0 Å². The average molecular weight is 553 g/mol. The molecule has 0 radical (unpaired) electrons. The van der Waals surface area contributed by atoms with Crippen LogP contribution < -0.4 is 16.4 Å². The number of carbonyl (C=O) groups is 2. The van der Waals surface area contributed by atoms with E-state index >= 15 is 0 Å². The highest BCUT2D eigenvalue weighted by Gasteiger charge is 2.46. The third-order valence-electron chi connectivity index (χ3n) is 5.73. The lowest BCUT2D eigenvalue weighted by atomic mass is 9.85. The molecule has 1 saturated heterocycles. The standard InChI is InChI=1S/C23H20ClF3N6O3S/c1-11(34)23(10-36-22(35)33-23)9-16-17(15(28)4-5-30-21(26)27)18(13-3-2-12(25)8-14(13)24)32-19(31-16)20-29-6-7-37-20/h2-8,18,21H,9-10,28H2,1H3,(H,31,32)(H,33,35)/t18-,23-/m0/s1. The first kappa shape index (κ1) is 26.4. The molecule has 0 aliphatic carbocycles. The van der Waals surface area contributed by atoms with Gasteiger partial charge in [0, 0.05) is 51.8 Å². The zero-order valence-electron chi connectivity index (χ0n) is 19.2. The molecule has 0 bridgehead atoms. The van der Waals surface area contributed by atoms with Crippen LogP contribution >= 0.6 is 22.9 Å². The van der Waals surface area contributed by atoms with Gasteiger partial charge >= 0.3 is 12.6 Å². The largest absolute Gasteiger partial charge is 0.447 e. The van der Waals surface area contributed by atoms with Crippen molar-refractivity contribution in [2.75, 3.05) is 6.61 Å². The van der Waals surface area contributed by atoms with E-state index < -0.39 is 30.0 Å². The number of nitrogens with two attached hydrogens (primary N) is 1. The van der Waals surface area contributed by atoms with E-state index in [-0.39, 0.29) is 35.1 Å². The van der Waals surface area contributed by atoms with Crippen LogP contribution in [0.1, 0.15) is 30.0 Å². The number of carbonyl (C=O) groups excluding carboxylic acids is 2. The number of benzene rings is 1. The monoisotopic (exact) mass is 552 g/mol. The molecule has 1 aromatic carbocycles. The zero-order valence-corrected chi connectivity index (χ0v) is 20.7. The summed E-state index contributed by atoms with van der Waals surface area (Å²) in [5.74, 6) is -0.660. The van der Waals surface area contributed by atoms with Crippen molar-refractivity contribution in [2.24, 2.45) is 15.7 Å². The van der Waals surface area contributed by atoms with Crippen LogP contribution in [0.15, 0.2) is 62.8 Å². The van der Waals surface area contributed by atoms with Crippen LogP contribution in [0.3, 0.4) is 0 Å². The SMILES string of the molecule is CC(=O)[C@]1(CC2=C(C(N)=CC=NC(F)F)[C@H](c3ccc(F)cc3Cl)N=C(c3nccs3)N2)COC(=O)N1. The van der Waals surface area contributed by atoms with E-state index in [0.717, 1.165) is 18.4 Å². The van der Waals surface area contributed by atoms with Gasteiger partial charge in [-0.1, -0.05) is 17.7 Å². The number of halogens is 4. The van der Waals surface area contributed by atoms with Crippen LogP contribution in [0.4, 0.5) is 18.0 Å². The number of alkyl halides is 2. The molecule has 194 valence electrons. The normalized spacial score (nSPS) is 22.2. The molecule has 2 atom stereocenters. The topological polar surface area (TPSA) is 131 Å². The number of aliphatic imine (C=N–C) groups is 2. The number of hydrogen-bond donors (Lipinski definition) is 3. The maximum atomic E-state index is 13.9. The summed E-state index contributed by atoms with van der Waals surface area (Å²) in [6, 6.07) is 2.77. The second-order valence-electron chi connectivity index (χ2n) is 8.11. The van der Waals surface area contributed by atoms with Gasteiger partial charge in [0.1, 0.15) is 24.0 Å². The molecule has 0 spiro atoms. The van der Waals surface area contributed by atoms with Crippen LogP contribution in [0.5, 0.6) is 0 Å². The van der Waals surface area contributed by atoms with Gasteiger partial charge in [-0.3, -0.25) is 9.79 Å². The van der Waals surface area contributed by atoms with Gasteiger partial charge in [-0.2, -0.15) is 8.78 Å². The van der Waals surface area contributed by atoms with E-state index in [0.29, 0.717) is 22.1 Å². The maximum Gasteiger partial charge on any atom is 0.408 e. The number of hydrogen-bond acceptors (Lipinski definition) is 9. The Morgan fingerprint density at radius 3 is 2.84 bits per heavy atom. The lowest BCUT2D eigenvalue weighted by Crippen LogP contribution is -2.51. The van der Waals surface area contributed by atoms with E-state index in [1.807, 2.05) is 0 Å². The summed E-state index contributed by atoms with van der Waals surface area (Å²) in [7, 11) is 0. The number of rotatable bonds is 8. The van der Waals surface area contributed by atoms with Crippen molar-refractivity contribution in [1.82, 2.24) is 15.6 Å².